The van der Waals surface area contributed by atoms with Crippen LogP contribution < -0.4 is 5.32 Å². The van der Waals surface area contributed by atoms with Gasteiger partial charge in [-0.05, 0) is 31.7 Å². The molecule has 2 rings (SSSR count). The molecule has 1 fully saturated rings. The van der Waals surface area contributed by atoms with Crippen molar-refractivity contribution < 1.29 is 9.18 Å². The molecule has 18 heavy (non-hydrogen) atoms. The summed E-state index contributed by atoms with van der Waals surface area (Å²) in [7, 11) is 3.31. The molecule has 1 aromatic rings. The number of carbonyl (C=O) groups is 1. The number of halogens is 1. The average molecular weight is 251 g/mol. The lowest BCUT2D eigenvalue weighted by atomic mass is 10.1. The molecule has 4 nitrogen and oxygen atoms in total. The van der Waals surface area contributed by atoms with E-state index >= 15 is 0 Å². The summed E-state index contributed by atoms with van der Waals surface area (Å²) in [6.07, 6.45) is 3.75. The minimum absolute atomic E-state index is 0.0735. The molecule has 1 saturated carbocycles. The maximum Gasteiger partial charge on any atom is 0.257 e. The Hall–Kier alpha value is -1.65. The lowest BCUT2D eigenvalue weighted by Gasteiger charge is -2.25. The van der Waals surface area contributed by atoms with Crippen LogP contribution in [0.25, 0.3) is 0 Å². The number of nitrogens with zero attached hydrogens (tertiary/aromatic N) is 2. The molecule has 0 bridgehead atoms. The second-order valence-corrected chi connectivity index (χ2v) is 4.77. The number of carbonyl (C=O) groups excluding carboxylic acids is 1. The van der Waals surface area contributed by atoms with Crippen LogP contribution in [0.4, 0.5) is 10.2 Å². The van der Waals surface area contributed by atoms with Gasteiger partial charge in [0.1, 0.15) is 0 Å². The molecule has 1 N–H and O–H groups in total. The fourth-order valence-electron chi connectivity index (χ4n) is 2.05. The Balaban J connectivity index is 2.22. The van der Waals surface area contributed by atoms with Gasteiger partial charge in [-0.25, -0.2) is 9.37 Å². The molecule has 0 spiro atoms. The van der Waals surface area contributed by atoms with Crippen molar-refractivity contribution in [2.45, 2.75) is 25.8 Å². The molecule has 1 aliphatic carbocycles. The standard InChI is InChI=1S/C13H18FN3O/c1-8(9-4-5-9)17(3)13(18)10-6-7-16-12(15-2)11(10)14/h6-9H,4-5H2,1-3H3,(H,15,16). The highest BCUT2D eigenvalue weighted by Gasteiger charge is 2.33. The van der Waals surface area contributed by atoms with Gasteiger partial charge < -0.3 is 10.2 Å². The van der Waals surface area contributed by atoms with Gasteiger partial charge in [-0.2, -0.15) is 0 Å². The van der Waals surface area contributed by atoms with Gasteiger partial charge in [0.05, 0.1) is 5.56 Å². The van der Waals surface area contributed by atoms with Crippen LogP contribution in [-0.4, -0.2) is 35.9 Å². The van der Waals surface area contributed by atoms with Crippen LogP contribution in [0.3, 0.4) is 0 Å². The first-order chi connectivity index (χ1) is 8.56. The van der Waals surface area contributed by atoms with Crippen LogP contribution in [0.5, 0.6) is 0 Å². The Kier molecular flexibility index (Phi) is 3.50. The van der Waals surface area contributed by atoms with E-state index in [-0.39, 0.29) is 23.3 Å². The van der Waals surface area contributed by atoms with Crippen LogP contribution in [0, 0.1) is 11.7 Å². The van der Waals surface area contributed by atoms with Crippen molar-refractivity contribution in [2.24, 2.45) is 5.92 Å². The maximum atomic E-state index is 14.0. The van der Waals surface area contributed by atoms with Crippen LogP contribution in [0.1, 0.15) is 30.1 Å². The molecule has 1 unspecified atom stereocenters. The van der Waals surface area contributed by atoms with Crippen molar-refractivity contribution in [3.63, 3.8) is 0 Å². The van der Waals surface area contributed by atoms with E-state index < -0.39 is 5.82 Å². The van der Waals surface area contributed by atoms with E-state index in [1.165, 1.54) is 12.3 Å². The summed E-state index contributed by atoms with van der Waals surface area (Å²) in [6, 6.07) is 1.58. The second-order valence-electron chi connectivity index (χ2n) is 4.77. The first-order valence-corrected chi connectivity index (χ1v) is 6.15. The number of aromatic nitrogens is 1. The van der Waals surface area contributed by atoms with Crippen LogP contribution in [0.15, 0.2) is 12.3 Å². The number of amides is 1. The normalized spacial score (nSPS) is 16.2. The van der Waals surface area contributed by atoms with E-state index in [9.17, 15) is 9.18 Å². The van der Waals surface area contributed by atoms with Gasteiger partial charge >= 0.3 is 0 Å². The first kappa shape index (κ1) is 12.8. The zero-order valence-electron chi connectivity index (χ0n) is 10.9. The molecule has 1 heterocycles. The zero-order valence-corrected chi connectivity index (χ0v) is 10.9. The minimum atomic E-state index is -0.583. The van der Waals surface area contributed by atoms with Crippen LogP contribution in [-0.2, 0) is 0 Å². The van der Waals surface area contributed by atoms with Crippen molar-refractivity contribution >= 4 is 11.7 Å². The Morgan fingerprint density at radius 1 is 1.61 bits per heavy atom. The smallest absolute Gasteiger partial charge is 0.257 e. The SMILES string of the molecule is CNc1nccc(C(=O)N(C)C(C)C2CC2)c1F. The summed E-state index contributed by atoms with van der Waals surface area (Å²) >= 11 is 0. The highest BCUT2D eigenvalue weighted by Crippen LogP contribution is 2.35. The van der Waals surface area contributed by atoms with E-state index in [1.807, 2.05) is 6.92 Å². The Morgan fingerprint density at radius 3 is 2.83 bits per heavy atom. The molecule has 0 aliphatic heterocycles. The van der Waals surface area contributed by atoms with E-state index in [2.05, 4.69) is 10.3 Å². The Labute approximate surface area is 106 Å². The van der Waals surface area contributed by atoms with E-state index in [4.69, 9.17) is 0 Å². The molecule has 1 amide bonds. The van der Waals surface area contributed by atoms with Crippen molar-refractivity contribution in [3.05, 3.63) is 23.6 Å². The molecular formula is C13H18FN3O. The van der Waals surface area contributed by atoms with Crippen molar-refractivity contribution in [1.82, 2.24) is 9.88 Å². The fourth-order valence-corrected chi connectivity index (χ4v) is 2.05. The molecule has 5 heteroatoms. The number of rotatable bonds is 4. The predicted molar refractivity (Wildman–Crippen MR) is 68.0 cm³/mol. The summed E-state index contributed by atoms with van der Waals surface area (Å²) in [5.74, 6) is -0.202. The van der Waals surface area contributed by atoms with E-state index in [0.717, 1.165) is 12.8 Å². The molecule has 1 atom stereocenters. The Bertz CT molecular complexity index is 460. The monoisotopic (exact) mass is 251 g/mol. The molecule has 0 radical (unpaired) electrons. The van der Waals surface area contributed by atoms with E-state index in [1.54, 1.807) is 19.0 Å². The Morgan fingerprint density at radius 2 is 2.28 bits per heavy atom. The summed E-state index contributed by atoms with van der Waals surface area (Å²) in [6.45, 7) is 2.01. The number of anilines is 1. The third-order valence-electron chi connectivity index (χ3n) is 3.59. The summed E-state index contributed by atoms with van der Waals surface area (Å²) in [5.41, 5.74) is 0.0735. The van der Waals surface area contributed by atoms with Gasteiger partial charge in [-0.15, -0.1) is 0 Å². The molecule has 0 aromatic carbocycles. The summed E-state index contributed by atoms with van der Waals surface area (Å²) in [4.78, 5) is 17.7. The van der Waals surface area contributed by atoms with Gasteiger partial charge in [0.15, 0.2) is 11.6 Å². The topological polar surface area (TPSA) is 45.2 Å². The maximum absolute atomic E-state index is 14.0. The number of nitrogens with one attached hydrogen (secondary N) is 1. The quantitative estimate of drug-likeness (QED) is 0.891. The van der Waals surface area contributed by atoms with E-state index in [0.29, 0.717) is 5.92 Å². The van der Waals surface area contributed by atoms with Gasteiger partial charge in [0.25, 0.3) is 5.91 Å². The molecule has 1 aliphatic rings. The lowest BCUT2D eigenvalue weighted by molar-refractivity contribution is 0.0722. The third kappa shape index (κ3) is 2.30. The van der Waals surface area contributed by atoms with Crippen LogP contribution >= 0.6 is 0 Å². The van der Waals surface area contributed by atoms with Gasteiger partial charge in [-0.3, -0.25) is 4.79 Å². The lowest BCUT2D eigenvalue weighted by Crippen LogP contribution is -2.37. The van der Waals surface area contributed by atoms with Crippen molar-refractivity contribution in [3.8, 4) is 0 Å². The van der Waals surface area contributed by atoms with Gasteiger partial charge in [0.2, 0.25) is 0 Å². The second kappa shape index (κ2) is 4.92. The fraction of sp³-hybridized carbons (Fsp3) is 0.538. The summed E-state index contributed by atoms with van der Waals surface area (Å²) < 4.78 is 14.0. The highest BCUT2D eigenvalue weighted by atomic mass is 19.1. The van der Waals surface area contributed by atoms with Crippen molar-refractivity contribution in [1.29, 1.82) is 0 Å². The summed E-state index contributed by atoms with van der Waals surface area (Å²) in [5, 5.41) is 2.64. The minimum Gasteiger partial charge on any atom is -0.371 e. The number of hydrogen-bond acceptors (Lipinski definition) is 3. The average Bonchev–Trinajstić information content (AvgIpc) is 3.21. The highest BCUT2D eigenvalue weighted by molar-refractivity contribution is 5.95. The van der Waals surface area contributed by atoms with Gasteiger partial charge in [0, 0.05) is 26.3 Å². The van der Waals surface area contributed by atoms with Crippen molar-refractivity contribution in [2.75, 3.05) is 19.4 Å². The number of pyridine rings is 1. The predicted octanol–water partition coefficient (Wildman–Crippen LogP) is 2.13. The van der Waals surface area contributed by atoms with Gasteiger partial charge in [-0.1, -0.05) is 0 Å². The molecule has 0 saturated heterocycles. The number of hydrogen-bond donors (Lipinski definition) is 1. The van der Waals surface area contributed by atoms with Crippen LogP contribution in [0.2, 0.25) is 0 Å². The first-order valence-electron chi connectivity index (χ1n) is 6.15. The molecule has 1 aromatic heterocycles. The largest absolute Gasteiger partial charge is 0.371 e. The third-order valence-corrected chi connectivity index (χ3v) is 3.59. The molecule has 98 valence electrons. The zero-order chi connectivity index (χ0) is 13.3. The molecular weight excluding hydrogens is 233 g/mol.